The van der Waals surface area contributed by atoms with Crippen LogP contribution in [0.3, 0.4) is 0 Å². The van der Waals surface area contributed by atoms with Crippen molar-refractivity contribution in [2.75, 3.05) is 0 Å². The molecule has 0 N–H and O–H groups in total. The summed E-state index contributed by atoms with van der Waals surface area (Å²) in [6.07, 6.45) is 0. The fourth-order valence-electron chi connectivity index (χ4n) is 0. The fourth-order valence-corrected chi connectivity index (χ4v) is 0. The first-order valence-corrected chi connectivity index (χ1v) is 0. The van der Waals surface area contributed by atoms with Gasteiger partial charge < -0.3 is 5.71 Å². The molecule has 4 heteroatoms. The Morgan fingerprint density at radius 3 is 1.00 bits per heavy atom. The first kappa shape index (κ1) is 23.2. The first-order chi connectivity index (χ1) is 0. The van der Waals surface area contributed by atoms with Crippen molar-refractivity contribution in [3.8, 4) is 0 Å². The van der Waals surface area contributed by atoms with Crippen LogP contribution < -0.4 is 151 Å². The Labute approximate surface area is 152 Å². The van der Waals surface area contributed by atoms with Crippen LogP contribution in [0.1, 0.15) is 5.71 Å². The molecule has 0 atom stereocenters. The number of hydrogen-bond donors (Lipinski definition) is 0. The van der Waals surface area contributed by atoms with Crippen LogP contribution in [0.4, 0.5) is 0 Å². The molecule has 0 aliphatic carbocycles. The molecule has 0 saturated heterocycles. The molecule has 0 amide bonds. The molecule has 0 aromatic rings. The minimum atomic E-state index is 0. The Bertz CT molecular complexity index is 14.0. The van der Waals surface area contributed by atoms with Gasteiger partial charge in [-0.15, -0.1) is 0 Å². The van der Waals surface area contributed by atoms with E-state index in [-0.39, 0.29) is 157 Å². The van der Waals surface area contributed by atoms with Crippen molar-refractivity contribution in [2.24, 2.45) is 0 Å². The third-order valence-electron chi connectivity index (χ3n) is 0. The van der Waals surface area contributed by atoms with Gasteiger partial charge in [-0.05, 0) is 0 Å². The van der Waals surface area contributed by atoms with E-state index < -0.39 is 0 Å². The zero-order valence-electron chi connectivity index (χ0n) is 8.00. The van der Waals surface area contributed by atoms with Crippen LogP contribution in [-0.2, 0) is 0 Å². The number of rotatable bonds is 0. The standard InChI is InChI=1S/2K.Li.Na.4H/q4*+1;4*-1. The molecule has 0 aliphatic rings. The van der Waals surface area contributed by atoms with Gasteiger partial charge in [-0.1, -0.05) is 0 Å². The molecule has 0 spiro atoms. The van der Waals surface area contributed by atoms with Crippen molar-refractivity contribution in [1.82, 2.24) is 0 Å². The maximum atomic E-state index is 0. The molecular weight excluding hydrogens is 108 g/mol. The van der Waals surface area contributed by atoms with E-state index in [0.717, 1.165) is 0 Å². The number of hydrogen-bond acceptors (Lipinski definition) is 0. The Morgan fingerprint density at radius 2 is 1.00 bits per heavy atom. The summed E-state index contributed by atoms with van der Waals surface area (Å²) < 4.78 is 0. The molecule has 0 radical (unpaired) electrons. The van der Waals surface area contributed by atoms with Crippen molar-refractivity contribution in [3.05, 3.63) is 0 Å². The molecule has 0 saturated carbocycles. The van der Waals surface area contributed by atoms with Crippen molar-refractivity contribution in [1.29, 1.82) is 0 Å². The van der Waals surface area contributed by atoms with Gasteiger partial charge >= 0.3 is 151 Å². The van der Waals surface area contributed by atoms with Crippen LogP contribution in [0.2, 0.25) is 0 Å². The normalized spacial score (nSPS) is 0. The van der Waals surface area contributed by atoms with Crippen LogP contribution in [-0.4, -0.2) is 0 Å². The van der Waals surface area contributed by atoms with Crippen molar-refractivity contribution >= 4 is 0 Å². The van der Waals surface area contributed by atoms with E-state index in [9.17, 15) is 0 Å². The largest absolute Gasteiger partial charge is 1.00 e. The molecule has 0 nitrogen and oxygen atoms in total. The molecule has 0 rings (SSSR count). The van der Waals surface area contributed by atoms with E-state index in [2.05, 4.69) is 0 Å². The van der Waals surface area contributed by atoms with Crippen LogP contribution in [0, 0.1) is 0 Å². The molecule has 0 heterocycles. The summed E-state index contributed by atoms with van der Waals surface area (Å²) in [7, 11) is 0. The Balaban J connectivity index is 0. The van der Waals surface area contributed by atoms with Gasteiger partial charge in [0.15, 0.2) is 0 Å². The second-order valence-electron chi connectivity index (χ2n) is 0. The van der Waals surface area contributed by atoms with E-state index in [1.165, 1.54) is 0 Å². The summed E-state index contributed by atoms with van der Waals surface area (Å²) in [5, 5.41) is 0. The van der Waals surface area contributed by atoms with E-state index in [4.69, 9.17) is 0 Å². The quantitative estimate of drug-likeness (QED) is 0.273. The van der Waals surface area contributed by atoms with Gasteiger partial charge in [0, 0.05) is 0 Å². The topological polar surface area (TPSA) is 0 Å². The van der Waals surface area contributed by atoms with Crippen LogP contribution >= 0.6 is 0 Å². The predicted molar refractivity (Wildman–Crippen MR) is 4.45 cm³/mol. The Hall–Kier alpha value is 4.87. The zero-order chi connectivity index (χ0) is 0. The van der Waals surface area contributed by atoms with Crippen LogP contribution in [0.15, 0.2) is 0 Å². The smallest absolute Gasteiger partial charge is 1.00 e. The first-order valence-electron chi connectivity index (χ1n) is 0. The average Bonchev–Trinajstić information content (AvgIpc) is 0. The molecule has 0 aliphatic heterocycles. The van der Waals surface area contributed by atoms with Gasteiger partial charge in [0.25, 0.3) is 0 Å². The van der Waals surface area contributed by atoms with Crippen molar-refractivity contribution in [3.63, 3.8) is 0 Å². The Morgan fingerprint density at radius 1 is 1.00 bits per heavy atom. The van der Waals surface area contributed by atoms with E-state index >= 15 is 0 Å². The van der Waals surface area contributed by atoms with Gasteiger partial charge in [0.2, 0.25) is 0 Å². The third kappa shape index (κ3) is 9.98. The van der Waals surface area contributed by atoms with Crippen LogP contribution in [0.25, 0.3) is 0 Å². The fraction of sp³-hybridized carbons (Fsp3) is 0. The van der Waals surface area contributed by atoms with Crippen molar-refractivity contribution < 1.29 is 157 Å². The van der Waals surface area contributed by atoms with E-state index in [1.54, 1.807) is 0 Å². The third-order valence-corrected chi connectivity index (χ3v) is 0. The predicted octanol–water partition coefficient (Wildman–Crippen LogP) is -11.5. The molecule has 0 bridgehead atoms. The SMILES string of the molecule is [H-].[H-].[H-].[H-].[K+].[K+].[Li+].[Na+]. The maximum Gasteiger partial charge on any atom is 1.00 e. The summed E-state index contributed by atoms with van der Waals surface area (Å²) >= 11 is 0. The minimum Gasteiger partial charge on any atom is -1.00 e. The molecular formula is H4K2LiNa. The van der Waals surface area contributed by atoms with Gasteiger partial charge in [0.1, 0.15) is 0 Å². The second kappa shape index (κ2) is 15.7. The van der Waals surface area contributed by atoms with Crippen LogP contribution in [0.5, 0.6) is 0 Å². The summed E-state index contributed by atoms with van der Waals surface area (Å²) in [5.41, 5.74) is 0. The van der Waals surface area contributed by atoms with Crippen molar-refractivity contribution in [2.45, 2.75) is 0 Å². The average molecular weight is 112 g/mol. The molecule has 0 aromatic heterocycles. The molecule has 4 heavy (non-hydrogen) atoms. The summed E-state index contributed by atoms with van der Waals surface area (Å²) in [4.78, 5) is 0. The maximum absolute atomic E-state index is 0. The molecule has 0 unspecified atom stereocenters. The van der Waals surface area contributed by atoms with Gasteiger partial charge in [-0.2, -0.15) is 0 Å². The van der Waals surface area contributed by atoms with E-state index in [0.29, 0.717) is 0 Å². The monoisotopic (exact) mass is 112 g/mol. The van der Waals surface area contributed by atoms with E-state index in [1.807, 2.05) is 0 Å². The molecule has 0 aromatic carbocycles. The van der Waals surface area contributed by atoms with Gasteiger partial charge in [0.05, 0.1) is 0 Å². The second-order valence-corrected chi connectivity index (χ2v) is 0. The summed E-state index contributed by atoms with van der Waals surface area (Å²) in [6.45, 7) is 0. The molecule has 8 valence electrons. The van der Waals surface area contributed by atoms with Gasteiger partial charge in [-0.25, -0.2) is 0 Å². The summed E-state index contributed by atoms with van der Waals surface area (Å²) in [5.74, 6) is 0. The summed E-state index contributed by atoms with van der Waals surface area (Å²) in [6, 6.07) is 0. The van der Waals surface area contributed by atoms with Gasteiger partial charge in [-0.3, -0.25) is 0 Å². The molecule has 0 fully saturated rings. The Kier molecular flexibility index (Phi) is 90.7. The minimum absolute atomic E-state index is 0. The zero-order valence-corrected chi connectivity index (χ0v) is 12.2.